The highest BCUT2D eigenvalue weighted by molar-refractivity contribution is 7.80. The van der Waals surface area contributed by atoms with Crippen LogP contribution in [-0.2, 0) is 24.3 Å². The van der Waals surface area contributed by atoms with Gasteiger partial charge in [-0.2, -0.15) is 13.5 Å². The average Bonchev–Trinajstić information content (AvgIpc) is 3.39. The van der Waals surface area contributed by atoms with Gasteiger partial charge in [0.25, 0.3) is 5.91 Å². The first-order valence-corrected chi connectivity index (χ1v) is 11.0. The summed E-state index contributed by atoms with van der Waals surface area (Å²) in [6.07, 6.45) is 1.63. The normalized spacial score (nSPS) is 32.9. The van der Waals surface area contributed by atoms with Gasteiger partial charge in [-0.05, 0) is 19.3 Å². The molecule has 0 aromatic rings. The van der Waals surface area contributed by atoms with Crippen LogP contribution in [0.15, 0.2) is 0 Å². The molecule has 0 aromatic heterocycles. The molecule has 4 aliphatic rings. The van der Waals surface area contributed by atoms with Gasteiger partial charge < -0.3 is 15.5 Å². The lowest BCUT2D eigenvalue weighted by Gasteiger charge is -2.29. The number of piperidine rings is 1. The molecular weight excluding hydrogens is 408 g/mol. The van der Waals surface area contributed by atoms with Gasteiger partial charge in [-0.3, -0.25) is 19.1 Å². The number of hydrogen-bond acceptors (Lipinski definition) is 9. The van der Waals surface area contributed by atoms with E-state index in [2.05, 4.69) is 25.3 Å². The molecular formula is C15H26N6O7S. The van der Waals surface area contributed by atoms with Crippen LogP contribution in [0.5, 0.6) is 0 Å². The fourth-order valence-electron chi connectivity index (χ4n) is 4.42. The topological polar surface area (TPSA) is 153 Å². The Bertz CT molecular complexity index is 745. The fourth-order valence-corrected chi connectivity index (χ4v) is 4.81. The number of nitrogens with zero attached hydrogens (tertiary/aromatic N) is 3. The van der Waals surface area contributed by atoms with Gasteiger partial charge in [0, 0.05) is 44.9 Å². The van der Waals surface area contributed by atoms with Gasteiger partial charge in [0.1, 0.15) is 6.04 Å². The Morgan fingerprint density at radius 3 is 2.86 bits per heavy atom. The van der Waals surface area contributed by atoms with Crippen LogP contribution in [0.25, 0.3) is 0 Å². The van der Waals surface area contributed by atoms with Crippen molar-refractivity contribution in [2.24, 2.45) is 0 Å². The van der Waals surface area contributed by atoms with Crippen LogP contribution in [0.1, 0.15) is 19.3 Å². The summed E-state index contributed by atoms with van der Waals surface area (Å²) in [5, 5.41) is 7.30. The van der Waals surface area contributed by atoms with Crippen LogP contribution in [0.4, 0.5) is 4.79 Å². The molecule has 0 saturated carbocycles. The van der Waals surface area contributed by atoms with Crippen LogP contribution in [-0.4, -0.2) is 103 Å². The number of hydroxylamine groups is 3. The van der Waals surface area contributed by atoms with E-state index in [0.29, 0.717) is 30.6 Å². The Kier molecular flexibility index (Phi) is 5.92. The maximum Gasteiger partial charge on any atom is 0.418 e. The summed E-state index contributed by atoms with van der Waals surface area (Å²) in [5.74, 6) is -0.469. The van der Waals surface area contributed by atoms with Crippen molar-refractivity contribution in [3.63, 3.8) is 0 Å². The number of hydrogen-bond donors (Lipinski definition) is 4. The molecule has 0 aliphatic carbocycles. The summed E-state index contributed by atoms with van der Waals surface area (Å²) < 4.78 is 35.0. The molecule has 4 aliphatic heterocycles. The van der Waals surface area contributed by atoms with Crippen molar-refractivity contribution in [1.82, 2.24) is 31.0 Å². The van der Waals surface area contributed by atoms with E-state index in [9.17, 15) is 18.0 Å². The van der Waals surface area contributed by atoms with Gasteiger partial charge in [0.2, 0.25) is 0 Å². The zero-order chi connectivity index (χ0) is 20.6. The molecule has 4 rings (SSSR count). The summed E-state index contributed by atoms with van der Waals surface area (Å²) in [5.41, 5.74) is 2.40. The molecule has 14 heteroatoms. The number of fused-ring (bicyclic) bond motifs is 2. The van der Waals surface area contributed by atoms with Crippen molar-refractivity contribution in [2.75, 3.05) is 39.5 Å². The minimum Gasteiger partial charge on any atom is -0.310 e. The van der Waals surface area contributed by atoms with Crippen molar-refractivity contribution in [1.29, 1.82) is 0 Å². The molecule has 0 aromatic carbocycles. The molecule has 13 nitrogen and oxygen atoms in total. The lowest BCUT2D eigenvalue weighted by Crippen LogP contribution is -2.50. The smallest absolute Gasteiger partial charge is 0.310 e. The summed E-state index contributed by atoms with van der Waals surface area (Å²) in [6.45, 7) is 4.24. The van der Waals surface area contributed by atoms with E-state index in [1.165, 1.54) is 4.90 Å². The minimum atomic E-state index is -4.81. The number of amides is 3. The molecule has 0 radical (unpaired) electrons. The molecule has 4 heterocycles. The average molecular weight is 434 g/mol. The SMILES string of the molecule is O=C(NOC[C@@H]1C[C@H](N2CCNC2)CN1)C1CCC2CN1C(=O)N2OS(=O)(=O)O. The molecule has 2 bridgehead atoms. The van der Waals surface area contributed by atoms with Crippen LogP contribution >= 0.6 is 0 Å². The Morgan fingerprint density at radius 1 is 1.31 bits per heavy atom. The Hall–Kier alpha value is -1.55. The summed E-state index contributed by atoms with van der Waals surface area (Å²) in [7, 11) is -4.81. The van der Waals surface area contributed by atoms with Gasteiger partial charge in [0.05, 0.1) is 12.6 Å². The largest absolute Gasteiger partial charge is 0.418 e. The maximum atomic E-state index is 12.5. The first kappa shape index (κ1) is 20.7. The van der Waals surface area contributed by atoms with Gasteiger partial charge in [-0.25, -0.2) is 10.3 Å². The fraction of sp³-hybridized carbons (Fsp3) is 0.867. The van der Waals surface area contributed by atoms with Crippen molar-refractivity contribution in [2.45, 2.75) is 43.4 Å². The number of urea groups is 1. The lowest BCUT2D eigenvalue weighted by molar-refractivity contribution is -0.139. The quantitative estimate of drug-likeness (QED) is 0.253. The van der Waals surface area contributed by atoms with E-state index in [1.807, 2.05) is 0 Å². The third-order valence-electron chi connectivity index (χ3n) is 5.86. The number of nitrogens with one attached hydrogen (secondary N) is 3. The molecule has 29 heavy (non-hydrogen) atoms. The van der Waals surface area contributed by atoms with Crippen molar-refractivity contribution >= 4 is 22.3 Å². The van der Waals surface area contributed by atoms with Gasteiger partial charge >= 0.3 is 16.4 Å². The highest BCUT2D eigenvalue weighted by Gasteiger charge is 2.49. The van der Waals surface area contributed by atoms with Gasteiger partial charge in [-0.1, -0.05) is 0 Å². The zero-order valence-electron chi connectivity index (χ0n) is 15.8. The number of carbonyl (C=O) groups excluding carboxylic acids is 2. The van der Waals surface area contributed by atoms with Crippen LogP contribution in [0, 0.1) is 0 Å². The molecule has 4 atom stereocenters. The molecule has 3 amide bonds. The Balaban J connectivity index is 1.23. The van der Waals surface area contributed by atoms with Crippen molar-refractivity contribution < 1.29 is 31.7 Å². The van der Waals surface area contributed by atoms with E-state index in [-0.39, 0.29) is 12.6 Å². The second-order valence-electron chi connectivity index (χ2n) is 7.75. The van der Waals surface area contributed by atoms with Gasteiger partial charge in [0.15, 0.2) is 0 Å². The van der Waals surface area contributed by atoms with E-state index < -0.39 is 34.4 Å². The van der Waals surface area contributed by atoms with E-state index in [4.69, 9.17) is 9.39 Å². The maximum absolute atomic E-state index is 12.5. The molecule has 4 fully saturated rings. The lowest BCUT2D eigenvalue weighted by atomic mass is 10.0. The standard InChI is InChI=1S/C15H26N6O7S/c22-14(18-27-8-10-5-12(6-17-10)19-4-3-16-9-19)13-2-1-11-7-20(13)15(23)21(11)28-29(24,25)26/h10-13,16-17H,1-9H2,(H,18,22)(H,24,25,26)/t10-,11?,12-,13?/m0/s1. The Morgan fingerprint density at radius 2 is 2.14 bits per heavy atom. The Labute approximate surface area is 168 Å². The third kappa shape index (κ3) is 4.63. The summed E-state index contributed by atoms with van der Waals surface area (Å²) in [4.78, 5) is 33.8. The van der Waals surface area contributed by atoms with Gasteiger partial charge in [-0.15, -0.1) is 4.28 Å². The van der Waals surface area contributed by atoms with Crippen LogP contribution < -0.4 is 16.1 Å². The molecule has 2 unspecified atom stereocenters. The number of rotatable bonds is 7. The predicted molar refractivity (Wildman–Crippen MR) is 97.3 cm³/mol. The van der Waals surface area contributed by atoms with Crippen molar-refractivity contribution in [3.05, 3.63) is 0 Å². The highest BCUT2D eigenvalue weighted by Crippen LogP contribution is 2.30. The molecule has 0 spiro atoms. The highest BCUT2D eigenvalue weighted by atomic mass is 32.3. The second kappa shape index (κ2) is 8.29. The van der Waals surface area contributed by atoms with Crippen LogP contribution in [0.2, 0.25) is 0 Å². The first-order chi connectivity index (χ1) is 13.8. The number of carbonyl (C=O) groups is 2. The molecule has 164 valence electrons. The van der Waals surface area contributed by atoms with E-state index in [1.54, 1.807) is 0 Å². The third-order valence-corrected chi connectivity index (χ3v) is 6.21. The summed E-state index contributed by atoms with van der Waals surface area (Å²) in [6, 6.07) is -1.52. The summed E-state index contributed by atoms with van der Waals surface area (Å²) >= 11 is 0. The van der Waals surface area contributed by atoms with E-state index in [0.717, 1.165) is 32.7 Å². The van der Waals surface area contributed by atoms with E-state index >= 15 is 0 Å². The van der Waals surface area contributed by atoms with Crippen LogP contribution in [0.3, 0.4) is 0 Å². The first-order valence-electron chi connectivity index (χ1n) is 9.68. The molecule has 4 saturated heterocycles. The minimum absolute atomic E-state index is 0.128. The van der Waals surface area contributed by atoms with Crippen molar-refractivity contribution in [3.8, 4) is 0 Å². The molecule has 4 N–H and O–H groups in total. The second-order valence-corrected chi connectivity index (χ2v) is 8.76. The predicted octanol–water partition coefficient (Wildman–Crippen LogP) is -2.37. The zero-order valence-corrected chi connectivity index (χ0v) is 16.6. The monoisotopic (exact) mass is 434 g/mol.